The van der Waals surface area contributed by atoms with Gasteiger partial charge in [-0.3, -0.25) is 4.79 Å². The molecular formula is C22H34O3. The standard InChI is InChI=1S/C22H34O3/c1-12-9-17-15-10-18-22(25-18)11-14(24)5-8-21(22,4)16(15)6-7-20(17,3)19(12)13(2)23/h12,14-19,24H,5-11H2,1-4H3/t12-,14+,15-,16+,17-,18-,19-,20+,21-,22-/m0/s1. The average Bonchev–Trinajstić information content (AvgIpc) is 3.13. The molecule has 0 amide bonds. The molecule has 0 unspecified atom stereocenters. The zero-order valence-electron chi connectivity index (χ0n) is 16.3. The lowest BCUT2D eigenvalue weighted by atomic mass is 9.44. The molecule has 5 aliphatic rings. The van der Waals surface area contributed by atoms with Crippen LogP contribution in [0.4, 0.5) is 0 Å². The largest absolute Gasteiger partial charge is 0.393 e. The van der Waals surface area contributed by atoms with Crippen LogP contribution in [-0.4, -0.2) is 28.7 Å². The van der Waals surface area contributed by atoms with Gasteiger partial charge >= 0.3 is 0 Å². The number of hydrogen-bond donors (Lipinski definition) is 1. The number of hydrogen-bond acceptors (Lipinski definition) is 3. The number of ether oxygens (including phenoxy) is 1. The van der Waals surface area contributed by atoms with Gasteiger partial charge in [0.05, 0.1) is 12.2 Å². The molecule has 1 saturated heterocycles. The van der Waals surface area contributed by atoms with Crippen molar-refractivity contribution in [3.05, 3.63) is 0 Å². The lowest BCUT2D eigenvalue weighted by molar-refractivity contribution is -0.134. The summed E-state index contributed by atoms with van der Waals surface area (Å²) in [6, 6.07) is 0. The van der Waals surface area contributed by atoms with Gasteiger partial charge in [-0.05, 0) is 74.5 Å². The van der Waals surface area contributed by atoms with Crippen molar-refractivity contribution in [2.45, 2.75) is 90.4 Å². The summed E-state index contributed by atoms with van der Waals surface area (Å²) in [6.45, 7) is 9.02. The number of epoxide rings is 1. The molecule has 3 heteroatoms. The summed E-state index contributed by atoms with van der Waals surface area (Å²) < 4.78 is 6.39. The van der Waals surface area contributed by atoms with Crippen LogP contribution in [0.3, 0.4) is 0 Å². The Hall–Kier alpha value is -0.410. The summed E-state index contributed by atoms with van der Waals surface area (Å²) in [6.07, 6.45) is 7.94. The quantitative estimate of drug-likeness (QED) is 0.731. The highest BCUT2D eigenvalue weighted by atomic mass is 16.6. The van der Waals surface area contributed by atoms with Crippen molar-refractivity contribution in [3.8, 4) is 0 Å². The van der Waals surface area contributed by atoms with Gasteiger partial charge in [-0.2, -0.15) is 0 Å². The van der Waals surface area contributed by atoms with Gasteiger partial charge in [-0.15, -0.1) is 0 Å². The van der Waals surface area contributed by atoms with Gasteiger partial charge in [0.1, 0.15) is 11.4 Å². The van der Waals surface area contributed by atoms with E-state index in [4.69, 9.17) is 4.74 Å². The number of Topliss-reactive ketones (excluding diaryl/α,β-unsaturated/α-hetero) is 1. The monoisotopic (exact) mass is 346 g/mol. The van der Waals surface area contributed by atoms with Gasteiger partial charge < -0.3 is 9.84 Å². The van der Waals surface area contributed by atoms with E-state index in [-0.39, 0.29) is 28.5 Å². The van der Waals surface area contributed by atoms with E-state index in [1.165, 1.54) is 25.7 Å². The average molecular weight is 347 g/mol. The molecule has 4 saturated carbocycles. The maximum atomic E-state index is 12.4. The van der Waals surface area contributed by atoms with Gasteiger partial charge in [0.25, 0.3) is 0 Å². The highest BCUT2D eigenvalue weighted by molar-refractivity contribution is 5.80. The first-order chi connectivity index (χ1) is 11.7. The molecule has 25 heavy (non-hydrogen) atoms. The summed E-state index contributed by atoms with van der Waals surface area (Å²) in [5.74, 6) is 3.31. The molecule has 0 aromatic rings. The summed E-state index contributed by atoms with van der Waals surface area (Å²) in [5.41, 5.74) is 0.411. The maximum Gasteiger partial charge on any atom is 0.133 e. The number of aliphatic hydroxyl groups is 1. The van der Waals surface area contributed by atoms with Crippen LogP contribution in [-0.2, 0) is 9.53 Å². The Balaban J connectivity index is 1.51. The van der Waals surface area contributed by atoms with Gasteiger partial charge in [0.2, 0.25) is 0 Å². The summed E-state index contributed by atoms with van der Waals surface area (Å²) >= 11 is 0. The molecule has 1 N–H and O–H groups in total. The second-order valence-electron chi connectivity index (χ2n) is 10.8. The van der Waals surface area contributed by atoms with Crippen LogP contribution in [0, 0.1) is 40.4 Å². The number of fused-ring (bicyclic) bond motifs is 4. The number of aliphatic hydroxyl groups excluding tert-OH is 1. The lowest BCUT2D eigenvalue weighted by Gasteiger charge is -2.59. The van der Waals surface area contributed by atoms with Crippen molar-refractivity contribution in [1.29, 1.82) is 0 Å². The Morgan fingerprint density at radius 2 is 1.88 bits per heavy atom. The van der Waals surface area contributed by atoms with E-state index in [1.807, 2.05) is 6.92 Å². The fourth-order valence-corrected chi connectivity index (χ4v) is 8.89. The molecular weight excluding hydrogens is 312 g/mol. The molecule has 5 fully saturated rings. The van der Waals surface area contributed by atoms with Gasteiger partial charge in [-0.1, -0.05) is 20.8 Å². The van der Waals surface area contributed by atoms with Crippen molar-refractivity contribution in [2.24, 2.45) is 40.4 Å². The molecule has 140 valence electrons. The number of carbonyl (C=O) groups is 1. The topological polar surface area (TPSA) is 49.8 Å². The van der Waals surface area contributed by atoms with E-state index in [0.29, 0.717) is 29.6 Å². The Morgan fingerprint density at radius 1 is 1.12 bits per heavy atom. The molecule has 5 rings (SSSR count). The first-order valence-electron chi connectivity index (χ1n) is 10.6. The highest BCUT2D eigenvalue weighted by Gasteiger charge is 2.76. The number of carbonyl (C=O) groups excluding carboxylic acids is 1. The van der Waals surface area contributed by atoms with E-state index in [2.05, 4.69) is 20.8 Å². The second-order valence-corrected chi connectivity index (χ2v) is 10.8. The van der Waals surface area contributed by atoms with Crippen molar-refractivity contribution < 1.29 is 14.6 Å². The van der Waals surface area contributed by atoms with E-state index in [1.54, 1.807) is 0 Å². The van der Waals surface area contributed by atoms with Crippen molar-refractivity contribution in [1.82, 2.24) is 0 Å². The van der Waals surface area contributed by atoms with Gasteiger partial charge in [0.15, 0.2) is 0 Å². The van der Waals surface area contributed by atoms with Crippen LogP contribution in [0.15, 0.2) is 0 Å². The van der Waals surface area contributed by atoms with Gasteiger partial charge in [0, 0.05) is 17.8 Å². The van der Waals surface area contributed by atoms with E-state index < -0.39 is 0 Å². The SMILES string of the molecule is CC(=O)[C@@H]1[C@@H](C)C[C@H]2[C@H]3C[C@@H]4O[C@@]45C[C@H](O)CC[C@@]5(C)[C@@H]3CC[C@@]12C. The van der Waals surface area contributed by atoms with Crippen LogP contribution in [0.25, 0.3) is 0 Å². The molecule has 3 nitrogen and oxygen atoms in total. The molecule has 1 heterocycles. The third kappa shape index (κ3) is 1.87. The highest BCUT2D eigenvalue weighted by Crippen LogP contribution is 2.74. The van der Waals surface area contributed by atoms with Crippen LogP contribution in [0.2, 0.25) is 0 Å². The van der Waals surface area contributed by atoms with E-state index in [9.17, 15) is 9.90 Å². The maximum absolute atomic E-state index is 12.4. The van der Waals surface area contributed by atoms with E-state index in [0.717, 1.165) is 25.2 Å². The molecule has 0 radical (unpaired) electrons. The lowest BCUT2D eigenvalue weighted by Crippen LogP contribution is -2.58. The first-order valence-corrected chi connectivity index (χ1v) is 10.6. The Bertz CT molecular complexity index is 616. The molecule has 0 aromatic carbocycles. The normalized spacial score (nSPS) is 62.4. The summed E-state index contributed by atoms with van der Waals surface area (Å²) in [7, 11) is 0. The van der Waals surface area contributed by atoms with Crippen LogP contribution in [0.5, 0.6) is 0 Å². The predicted molar refractivity (Wildman–Crippen MR) is 95.9 cm³/mol. The van der Waals surface area contributed by atoms with Crippen molar-refractivity contribution in [3.63, 3.8) is 0 Å². The smallest absolute Gasteiger partial charge is 0.133 e. The fraction of sp³-hybridized carbons (Fsp3) is 0.955. The van der Waals surface area contributed by atoms with E-state index >= 15 is 0 Å². The predicted octanol–water partition coefficient (Wildman–Crippen LogP) is 3.97. The van der Waals surface area contributed by atoms with Gasteiger partial charge in [-0.25, -0.2) is 0 Å². The molecule has 4 aliphatic carbocycles. The van der Waals surface area contributed by atoms with Crippen molar-refractivity contribution in [2.75, 3.05) is 0 Å². The van der Waals surface area contributed by atoms with Crippen molar-refractivity contribution >= 4 is 5.78 Å². The van der Waals surface area contributed by atoms with Crippen LogP contribution >= 0.6 is 0 Å². The molecule has 0 bridgehead atoms. The Labute approximate surface area is 151 Å². The minimum absolute atomic E-state index is 0.0240. The third-order valence-corrected chi connectivity index (χ3v) is 9.84. The van der Waals surface area contributed by atoms with Crippen LogP contribution < -0.4 is 0 Å². The molecule has 0 aromatic heterocycles. The molecule has 10 atom stereocenters. The first kappa shape index (κ1) is 16.7. The second kappa shape index (κ2) is 4.90. The zero-order valence-corrected chi connectivity index (χ0v) is 16.3. The summed E-state index contributed by atoms with van der Waals surface area (Å²) in [5, 5.41) is 10.3. The molecule has 1 spiro atoms. The minimum atomic E-state index is -0.169. The fourth-order valence-electron chi connectivity index (χ4n) is 8.89. The number of rotatable bonds is 1. The summed E-state index contributed by atoms with van der Waals surface area (Å²) in [4.78, 5) is 12.4. The minimum Gasteiger partial charge on any atom is -0.393 e. The molecule has 1 aliphatic heterocycles. The Kier molecular flexibility index (Phi) is 3.28. The number of ketones is 1. The van der Waals surface area contributed by atoms with Crippen LogP contribution in [0.1, 0.15) is 72.6 Å². The zero-order chi connectivity index (χ0) is 17.8. The third-order valence-electron chi connectivity index (χ3n) is 9.84. The Morgan fingerprint density at radius 3 is 2.60 bits per heavy atom.